The number of carbonyl (C=O) groups is 2. The molecule has 0 bridgehead atoms. The van der Waals surface area contributed by atoms with Crippen molar-refractivity contribution in [1.29, 1.82) is 5.26 Å². The van der Waals surface area contributed by atoms with E-state index in [0.29, 0.717) is 31.1 Å². The van der Waals surface area contributed by atoms with Crippen molar-refractivity contribution in [1.82, 2.24) is 9.97 Å². The molecule has 4 rings (SSSR count). The summed E-state index contributed by atoms with van der Waals surface area (Å²) in [6.07, 6.45) is 3.88. The van der Waals surface area contributed by atoms with Gasteiger partial charge in [0, 0.05) is 24.5 Å². The van der Waals surface area contributed by atoms with E-state index in [9.17, 15) is 20.0 Å². The molecule has 0 spiro atoms. The van der Waals surface area contributed by atoms with Crippen molar-refractivity contribution in [2.24, 2.45) is 11.3 Å². The Labute approximate surface area is 185 Å². The van der Waals surface area contributed by atoms with Gasteiger partial charge in [-0.05, 0) is 50.3 Å². The third kappa shape index (κ3) is 4.11. The smallest absolute Gasteiger partial charge is 0.339 e. The number of nitrogens with one attached hydrogen (secondary N) is 1. The lowest BCUT2D eigenvalue weighted by Crippen LogP contribution is -2.35. The van der Waals surface area contributed by atoms with Gasteiger partial charge in [-0.1, -0.05) is 0 Å². The number of hydrogen-bond acceptors (Lipinski definition) is 7. The van der Waals surface area contributed by atoms with E-state index in [0.717, 1.165) is 12.8 Å². The fourth-order valence-electron chi connectivity index (χ4n) is 3.85. The van der Waals surface area contributed by atoms with Gasteiger partial charge in [-0.15, -0.1) is 12.4 Å². The number of aromatic carboxylic acids is 1. The van der Waals surface area contributed by atoms with E-state index in [-0.39, 0.29) is 41.5 Å². The number of nitriles is 1. The summed E-state index contributed by atoms with van der Waals surface area (Å²) in [5.41, 5.74) is -0.317. The van der Waals surface area contributed by atoms with Crippen molar-refractivity contribution in [3.63, 3.8) is 0 Å². The molecule has 2 N–H and O–H groups in total. The SMILES string of the molecule is CCOc1cc(Nc2nccc(N3CC[C@@](C#N)(C4CC4)C3=O)n2)ccc1C(=O)O.Cl. The molecule has 162 valence electrons. The number of hydrogen-bond donors (Lipinski definition) is 2. The van der Waals surface area contributed by atoms with Gasteiger partial charge in [-0.3, -0.25) is 9.69 Å². The van der Waals surface area contributed by atoms with Gasteiger partial charge in [-0.25, -0.2) is 9.78 Å². The maximum absolute atomic E-state index is 13.0. The summed E-state index contributed by atoms with van der Waals surface area (Å²) in [5, 5.41) is 21.9. The lowest BCUT2D eigenvalue weighted by molar-refractivity contribution is -0.123. The molecular weight excluding hydrogens is 422 g/mol. The Morgan fingerprint density at radius 1 is 1.42 bits per heavy atom. The van der Waals surface area contributed by atoms with Gasteiger partial charge >= 0.3 is 5.97 Å². The van der Waals surface area contributed by atoms with Crippen LogP contribution in [0.1, 0.15) is 36.5 Å². The third-order valence-electron chi connectivity index (χ3n) is 5.52. The van der Waals surface area contributed by atoms with Crippen molar-refractivity contribution in [3.8, 4) is 11.8 Å². The Morgan fingerprint density at radius 2 is 2.19 bits per heavy atom. The van der Waals surface area contributed by atoms with Crippen LogP contribution in [0.2, 0.25) is 0 Å². The van der Waals surface area contributed by atoms with E-state index in [1.807, 2.05) is 0 Å². The minimum absolute atomic E-state index is 0. The molecule has 1 aliphatic heterocycles. The molecule has 1 aromatic carbocycles. The number of anilines is 3. The first kappa shape index (κ1) is 22.3. The highest BCUT2D eigenvalue weighted by Crippen LogP contribution is 2.51. The number of carboxylic acid groups (broad SMARTS) is 1. The number of benzene rings is 1. The first-order valence-corrected chi connectivity index (χ1v) is 9.82. The molecule has 1 atom stereocenters. The molecule has 9 nitrogen and oxygen atoms in total. The molecule has 0 radical (unpaired) electrons. The summed E-state index contributed by atoms with van der Waals surface area (Å²) in [6, 6.07) is 8.51. The summed E-state index contributed by atoms with van der Waals surface area (Å²) in [6.45, 7) is 2.55. The average Bonchev–Trinajstić information content (AvgIpc) is 3.52. The van der Waals surface area contributed by atoms with E-state index in [2.05, 4.69) is 21.4 Å². The maximum Gasteiger partial charge on any atom is 0.339 e. The van der Waals surface area contributed by atoms with Crippen LogP contribution in [0.4, 0.5) is 17.5 Å². The standard InChI is InChI=1S/C21H21N5O4.ClH/c1-2-30-16-11-14(5-6-15(16)18(27)28)24-20-23-9-7-17(25-20)26-10-8-21(12-22,19(26)29)13-3-4-13;/h5-7,9,11,13H,2-4,8,10H2,1H3,(H,27,28)(H,23,24,25);1H/t21-;/m1./s1. The van der Waals surface area contributed by atoms with Crippen molar-refractivity contribution in [3.05, 3.63) is 36.0 Å². The van der Waals surface area contributed by atoms with Crippen molar-refractivity contribution in [2.45, 2.75) is 26.2 Å². The van der Waals surface area contributed by atoms with Crippen molar-refractivity contribution >= 4 is 41.7 Å². The van der Waals surface area contributed by atoms with E-state index in [1.54, 1.807) is 30.0 Å². The molecule has 1 saturated heterocycles. The van der Waals surface area contributed by atoms with E-state index < -0.39 is 11.4 Å². The minimum atomic E-state index is -1.08. The number of nitrogens with zero attached hydrogens (tertiary/aromatic N) is 4. The molecule has 1 aliphatic carbocycles. The number of amides is 1. The Morgan fingerprint density at radius 3 is 2.84 bits per heavy atom. The zero-order valence-electron chi connectivity index (χ0n) is 16.9. The molecule has 2 fully saturated rings. The number of aromatic nitrogens is 2. The molecule has 2 aromatic rings. The van der Waals surface area contributed by atoms with Crippen LogP contribution in [0.15, 0.2) is 30.5 Å². The second-order valence-corrected chi connectivity index (χ2v) is 7.38. The molecule has 2 aliphatic rings. The van der Waals surface area contributed by atoms with E-state index in [4.69, 9.17) is 4.74 Å². The molecule has 1 aromatic heterocycles. The van der Waals surface area contributed by atoms with Gasteiger partial charge in [0.1, 0.15) is 22.5 Å². The van der Waals surface area contributed by atoms with Crippen LogP contribution in [0.25, 0.3) is 0 Å². The van der Waals surface area contributed by atoms with Gasteiger partial charge in [0.05, 0.1) is 12.7 Å². The Hall–Kier alpha value is -3.38. The third-order valence-corrected chi connectivity index (χ3v) is 5.52. The predicted octanol–water partition coefficient (Wildman–Crippen LogP) is 3.40. The lowest BCUT2D eigenvalue weighted by Gasteiger charge is -2.20. The highest BCUT2D eigenvalue weighted by Gasteiger charge is 2.57. The second-order valence-electron chi connectivity index (χ2n) is 7.38. The van der Waals surface area contributed by atoms with Crippen LogP contribution < -0.4 is 15.0 Å². The molecule has 31 heavy (non-hydrogen) atoms. The summed E-state index contributed by atoms with van der Waals surface area (Å²) < 4.78 is 5.41. The highest BCUT2D eigenvalue weighted by molar-refractivity contribution is 6.01. The maximum atomic E-state index is 13.0. The van der Waals surface area contributed by atoms with Crippen LogP contribution in [-0.4, -0.2) is 40.1 Å². The lowest BCUT2D eigenvalue weighted by atomic mass is 9.83. The molecule has 1 amide bonds. The monoisotopic (exact) mass is 443 g/mol. The zero-order chi connectivity index (χ0) is 21.3. The largest absolute Gasteiger partial charge is 0.493 e. The van der Waals surface area contributed by atoms with Crippen LogP contribution in [0, 0.1) is 22.7 Å². The van der Waals surface area contributed by atoms with Gasteiger partial charge in [0.2, 0.25) is 11.9 Å². The topological polar surface area (TPSA) is 128 Å². The summed E-state index contributed by atoms with van der Waals surface area (Å²) >= 11 is 0. The fourth-order valence-corrected chi connectivity index (χ4v) is 3.85. The van der Waals surface area contributed by atoms with E-state index in [1.165, 1.54) is 12.3 Å². The number of carbonyl (C=O) groups excluding carboxylic acids is 1. The Balaban J connectivity index is 0.00000272. The van der Waals surface area contributed by atoms with Crippen LogP contribution in [0.3, 0.4) is 0 Å². The van der Waals surface area contributed by atoms with Crippen LogP contribution in [0.5, 0.6) is 5.75 Å². The number of halogens is 1. The van der Waals surface area contributed by atoms with Gasteiger partial charge in [0.25, 0.3) is 0 Å². The van der Waals surface area contributed by atoms with Gasteiger partial charge in [0.15, 0.2) is 0 Å². The number of ether oxygens (including phenoxy) is 1. The first-order valence-electron chi connectivity index (χ1n) is 9.82. The Bertz CT molecular complexity index is 1050. The van der Waals surface area contributed by atoms with Crippen LogP contribution in [-0.2, 0) is 4.79 Å². The minimum Gasteiger partial charge on any atom is -0.493 e. The summed E-state index contributed by atoms with van der Waals surface area (Å²) in [4.78, 5) is 34.5. The van der Waals surface area contributed by atoms with Crippen LogP contribution >= 0.6 is 12.4 Å². The van der Waals surface area contributed by atoms with Gasteiger partial charge in [-0.2, -0.15) is 10.2 Å². The first-order chi connectivity index (χ1) is 14.5. The zero-order valence-corrected chi connectivity index (χ0v) is 17.7. The second kappa shape index (κ2) is 8.78. The highest BCUT2D eigenvalue weighted by atomic mass is 35.5. The molecule has 1 saturated carbocycles. The normalized spacial score (nSPS) is 20.0. The molecule has 10 heteroatoms. The van der Waals surface area contributed by atoms with Crippen molar-refractivity contribution < 1.29 is 19.4 Å². The molecule has 0 unspecified atom stereocenters. The summed E-state index contributed by atoms with van der Waals surface area (Å²) in [7, 11) is 0. The number of rotatable bonds is 7. The number of carboxylic acids is 1. The summed E-state index contributed by atoms with van der Waals surface area (Å²) in [5.74, 6) is -0.198. The Kier molecular flexibility index (Phi) is 6.32. The van der Waals surface area contributed by atoms with Gasteiger partial charge < -0.3 is 15.2 Å². The molecular formula is C21H22ClN5O4. The van der Waals surface area contributed by atoms with E-state index >= 15 is 0 Å². The predicted molar refractivity (Wildman–Crippen MR) is 115 cm³/mol. The molecule has 2 heterocycles. The van der Waals surface area contributed by atoms with Crippen molar-refractivity contribution in [2.75, 3.05) is 23.4 Å². The quantitative estimate of drug-likeness (QED) is 0.666. The average molecular weight is 444 g/mol. The fraction of sp³-hybridized carbons (Fsp3) is 0.381.